The lowest BCUT2D eigenvalue weighted by molar-refractivity contribution is -0.140. The zero-order valence-electron chi connectivity index (χ0n) is 8.56. The van der Waals surface area contributed by atoms with Gasteiger partial charge in [-0.15, -0.1) is 11.8 Å². The van der Waals surface area contributed by atoms with Gasteiger partial charge in [0, 0.05) is 12.8 Å². The van der Waals surface area contributed by atoms with Crippen LogP contribution in [0.1, 0.15) is 45.4 Å². The van der Waals surface area contributed by atoms with Crippen molar-refractivity contribution >= 4 is 5.97 Å². The summed E-state index contributed by atoms with van der Waals surface area (Å²) in [5.41, 5.74) is 0. The van der Waals surface area contributed by atoms with Gasteiger partial charge in [0.05, 0.1) is 13.5 Å². The minimum Gasteiger partial charge on any atom is -0.469 e. The molecular formula is C11H18O2. The molecule has 0 unspecified atom stereocenters. The van der Waals surface area contributed by atoms with Gasteiger partial charge in [0.2, 0.25) is 0 Å². The lowest BCUT2D eigenvalue weighted by Gasteiger charge is -1.92. The van der Waals surface area contributed by atoms with Crippen LogP contribution in [0.25, 0.3) is 0 Å². The Morgan fingerprint density at radius 1 is 1.23 bits per heavy atom. The Bertz CT molecular complexity index is 186. The van der Waals surface area contributed by atoms with E-state index in [1.54, 1.807) is 0 Å². The molecule has 0 bridgehead atoms. The molecule has 0 spiro atoms. The number of unbranched alkanes of at least 4 members (excludes halogenated alkanes) is 3. The molecule has 0 N–H and O–H groups in total. The minimum atomic E-state index is -0.178. The Labute approximate surface area is 80.7 Å². The summed E-state index contributed by atoms with van der Waals surface area (Å²) in [6, 6.07) is 0. The van der Waals surface area contributed by atoms with Gasteiger partial charge in [0.15, 0.2) is 0 Å². The molecule has 0 atom stereocenters. The Morgan fingerprint density at radius 2 is 1.92 bits per heavy atom. The molecule has 74 valence electrons. The maximum atomic E-state index is 10.7. The topological polar surface area (TPSA) is 26.3 Å². The third-order valence-electron chi connectivity index (χ3n) is 1.71. The van der Waals surface area contributed by atoms with Gasteiger partial charge < -0.3 is 4.74 Å². The SMILES string of the molecule is CCCCCC#CCCC(=O)OC. The van der Waals surface area contributed by atoms with Crippen molar-refractivity contribution in [3.8, 4) is 11.8 Å². The fourth-order valence-electron chi connectivity index (χ4n) is 0.907. The molecule has 0 amide bonds. The predicted octanol–water partition coefficient (Wildman–Crippen LogP) is 2.52. The van der Waals surface area contributed by atoms with Gasteiger partial charge in [-0.25, -0.2) is 0 Å². The first-order valence-corrected chi connectivity index (χ1v) is 4.83. The molecule has 0 aromatic heterocycles. The van der Waals surface area contributed by atoms with E-state index in [9.17, 15) is 4.79 Å². The van der Waals surface area contributed by atoms with Gasteiger partial charge >= 0.3 is 5.97 Å². The summed E-state index contributed by atoms with van der Waals surface area (Å²) in [7, 11) is 1.40. The third-order valence-corrected chi connectivity index (χ3v) is 1.71. The number of methoxy groups -OCH3 is 1. The summed E-state index contributed by atoms with van der Waals surface area (Å²) in [5, 5.41) is 0. The van der Waals surface area contributed by atoms with Crippen molar-refractivity contribution in [1.82, 2.24) is 0 Å². The van der Waals surface area contributed by atoms with E-state index < -0.39 is 0 Å². The number of hydrogen-bond acceptors (Lipinski definition) is 2. The molecule has 0 aromatic rings. The van der Waals surface area contributed by atoms with Crippen LogP contribution in [-0.4, -0.2) is 13.1 Å². The van der Waals surface area contributed by atoms with Gasteiger partial charge in [-0.05, 0) is 6.42 Å². The van der Waals surface area contributed by atoms with Gasteiger partial charge in [-0.2, -0.15) is 0 Å². The minimum absolute atomic E-state index is 0.178. The van der Waals surface area contributed by atoms with Crippen LogP contribution < -0.4 is 0 Å². The van der Waals surface area contributed by atoms with E-state index in [2.05, 4.69) is 23.5 Å². The Kier molecular flexibility index (Phi) is 8.44. The van der Waals surface area contributed by atoms with E-state index in [4.69, 9.17) is 0 Å². The van der Waals surface area contributed by atoms with E-state index in [-0.39, 0.29) is 5.97 Å². The van der Waals surface area contributed by atoms with E-state index in [1.165, 1.54) is 26.4 Å². The second-order valence-corrected chi connectivity index (χ2v) is 2.89. The van der Waals surface area contributed by atoms with Crippen molar-refractivity contribution in [2.45, 2.75) is 45.4 Å². The molecule has 0 aliphatic heterocycles. The number of rotatable bonds is 5. The Morgan fingerprint density at radius 3 is 2.54 bits per heavy atom. The summed E-state index contributed by atoms with van der Waals surface area (Å²) < 4.78 is 4.49. The van der Waals surface area contributed by atoms with Crippen LogP contribution >= 0.6 is 0 Å². The summed E-state index contributed by atoms with van der Waals surface area (Å²) in [6.07, 6.45) is 5.63. The molecule has 0 radical (unpaired) electrons. The van der Waals surface area contributed by atoms with Gasteiger partial charge in [-0.1, -0.05) is 19.8 Å². The quantitative estimate of drug-likeness (QED) is 0.371. The van der Waals surface area contributed by atoms with E-state index in [1.807, 2.05) is 0 Å². The van der Waals surface area contributed by atoms with E-state index in [0.717, 1.165) is 6.42 Å². The van der Waals surface area contributed by atoms with Crippen LogP contribution in [0.15, 0.2) is 0 Å². The molecule has 13 heavy (non-hydrogen) atoms. The Balaban J connectivity index is 3.25. The molecule has 2 nitrogen and oxygen atoms in total. The molecule has 0 fully saturated rings. The molecule has 0 heterocycles. The molecular weight excluding hydrogens is 164 g/mol. The number of ether oxygens (including phenoxy) is 1. The zero-order valence-corrected chi connectivity index (χ0v) is 8.56. The fraction of sp³-hybridized carbons (Fsp3) is 0.727. The summed E-state index contributed by atoms with van der Waals surface area (Å²) in [5.74, 6) is 5.82. The Hall–Kier alpha value is -0.970. The number of carbonyl (C=O) groups is 1. The van der Waals surface area contributed by atoms with Crippen LogP contribution in [0.5, 0.6) is 0 Å². The first kappa shape index (κ1) is 12.0. The standard InChI is InChI=1S/C11H18O2/c1-3-4-5-6-7-8-9-10-11(12)13-2/h3-6,9-10H2,1-2H3. The monoisotopic (exact) mass is 182 g/mol. The average Bonchev–Trinajstić information content (AvgIpc) is 2.16. The van der Waals surface area contributed by atoms with Crippen LogP contribution in [0.4, 0.5) is 0 Å². The van der Waals surface area contributed by atoms with Crippen molar-refractivity contribution < 1.29 is 9.53 Å². The van der Waals surface area contributed by atoms with Crippen LogP contribution in [-0.2, 0) is 9.53 Å². The average molecular weight is 182 g/mol. The van der Waals surface area contributed by atoms with Crippen molar-refractivity contribution in [3.05, 3.63) is 0 Å². The smallest absolute Gasteiger partial charge is 0.306 e. The maximum absolute atomic E-state index is 10.7. The van der Waals surface area contributed by atoms with Gasteiger partial charge in [0.25, 0.3) is 0 Å². The predicted molar refractivity (Wildman–Crippen MR) is 53.2 cm³/mol. The second-order valence-electron chi connectivity index (χ2n) is 2.89. The van der Waals surface area contributed by atoms with Crippen molar-refractivity contribution in [2.24, 2.45) is 0 Å². The zero-order chi connectivity index (χ0) is 9.94. The number of carbonyl (C=O) groups excluding carboxylic acids is 1. The highest BCUT2D eigenvalue weighted by Crippen LogP contribution is 1.97. The lowest BCUT2D eigenvalue weighted by Crippen LogP contribution is -1.98. The second kappa shape index (κ2) is 9.12. The van der Waals surface area contributed by atoms with Crippen LogP contribution in [0, 0.1) is 11.8 Å². The highest BCUT2D eigenvalue weighted by Gasteiger charge is 1.95. The highest BCUT2D eigenvalue weighted by atomic mass is 16.5. The molecule has 2 heteroatoms. The van der Waals surface area contributed by atoms with Crippen molar-refractivity contribution in [1.29, 1.82) is 0 Å². The van der Waals surface area contributed by atoms with Crippen molar-refractivity contribution in [3.63, 3.8) is 0 Å². The lowest BCUT2D eigenvalue weighted by atomic mass is 10.2. The van der Waals surface area contributed by atoms with Crippen LogP contribution in [0.3, 0.4) is 0 Å². The molecule has 0 aliphatic carbocycles. The summed E-state index contributed by atoms with van der Waals surface area (Å²) in [4.78, 5) is 10.7. The third kappa shape index (κ3) is 8.94. The summed E-state index contributed by atoms with van der Waals surface area (Å²) >= 11 is 0. The molecule has 0 aliphatic rings. The normalized spacial score (nSPS) is 8.77. The van der Waals surface area contributed by atoms with Crippen LogP contribution in [0.2, 0.25) is 0 Å². The van der Waals surface area contributed by atoms with E-state index >= 15 is 0 Å². The summed E-state index contributed by atoms with van der Waals surface area (Å²) in [6.45, 7) is 2.17. The molecule has 0 saturated carbocycles. The van der Waals surface area contributed by atoms with E-state index in [0.29, 0.717) is 12.8 Å². The number of hydrogen-bond donors (Lipinski definition) is 0. The molecule has 0 rings (SSSR count). The fourth-order valence-corrected chi connectivity index (χ4v) is 0.907. The number of esters is 1. The van der Waals surface area contributed by atoms with Gasteiger partial charge in [0.1, 0.15) is 0 Å². The van der Waals surface area contributed by atoms with Crippen molar-refractivity contribution in [2.75, 3.05) is 7.11 Å². The maximum Gasteiger partial charge on any atom is 0.306 e. The molecule has 0 saturated heterocycles. The molecule has 0 aromatic carbocycles. The first-order chi connectivity index (χ1) is 6.31. The highest BCUT2D eigenvalue weighted by molar-refractivity contribution is 5.69. The largest absolute Gasteiger partial charge is 0.469 e. The van der Waals surface area contributed by atoms with Gasteiger partial charge in [-0.3, -0.25) is 4.79 Å². The first-order valence-electron chi connectivity index (χ1n) is 4.83.